The molecular formula is C15H23ClS. The molecular weight excluding hydrogens is 248 g/mol. The maximum atomic E-state index is 6.57. The molecule has 0 amide bonds. The van der Waals surface area contributed by atoms with Gasteiger partial charge in [-0.2, -0.15) is 0 Å². The van der Waals surface area contributed by atoms with Gasteiger partial charge in [0.2, 0.25) is 0 Å². The van der Waals surface area contributed by atoms with Gasteiger partial charge < -0.3 is 0 Å². The molecule has 0 aromatic carbocycles. The molecule has 0 saturated heterocycles. The fourth-order valence-electron chi connectivity index (χ4n) is 2.76. The highest BCUT2D eigenvalue weighted by atomic mass is 35.5. The summed E-state index contributed by atoms with van der Waals surface area (Å²) < 4.78 is 0. The van der Waals surface area contributed by atoms with Crippen LogP contribution >= 0.6 is 22.9 Å². The van der Waals surface area contributed by atoms with Gasteiger partial charge in [-0.05, 0) is 30.9 Å². The van der Waals surface area contributed by atoms with E-state index in [9.17, 15) is 0 Å². The summed E-state index contributed by atoms with van der Waals surface area (Å²) in [6.07, 6.45) is 10.8. The van der Waals surface area contributed by atoms with Crippen LogP contribution in [0, 0.1) is 5.92 Å². The predicted molar refractivity (Wildman–Crippen MR) is 78.1 cm³/mol. The summed E-state index contributed by atoms with van der Waals surface area (Å²) in [4.78, 5) is 2.85. The molecule has 96 valence electrons. The molecule has 0 spiro atoms. The van der Waals surface area contributed by atoms with Crippen LogP contribution in [0.2, 0.25) is 0 Å². The van der Waals surface area contributed by atoms with Crippen LogP contribution in [0.5, 0.6) is 0 Å². The van der Waals surface area contributed by atoms with E-state index in [1.54, 1.807) is 0 Å². The molecule has 0 aliphatic heterocycles. The smallest absolute Gasteiger partial charge is 0.0681 e. The average molecular weight is 271 g/mol. The molecule has 1 fully saturated rings. The minimum atomic E-state index is 0.253. The SMILES string of the molecule is CCc1ccc(C(Cl)CC2CCCCCC2)s1. The van der Waals surface area contributed by atoms with Gasteiger partial charge in [0.05, 0.1) is 5.38 Å². The summed E-state index contributed by atoms with van der Waals surface area (Å²) in [7, 11) is 0. The molecule has 1 aromatic rings. The van der Waals surface area contributed by atoms with Crippen molar-refractivity contribution in [2.24, 2.45) is 5.92 Å². The Bertz CT molecular complexity index is 323. The molecule has 1 heterocycles. The minimum absolute atomic E-state index is 0.253. The summed E-state index contributed by atoms with van der Waals surface area (Å²) in [5.41, 5.74) is 0. The molecule has 2 rings (SSSR count). The number of halogens is 1. The van der Waals surface area contributed by atoms with Crippen molar-refractivity contribution in [1.82, 2.24) is 0 Å². The van der Waals surface area contributed by atoms with Gasteiger partial charge in [0.25, 0.3) is 0 Å². The lowest BCUT2D eigenvalue weighted by molar-refractivity contribution is 0.424. The second-order valence-corrected chi connectivity index (χ2v) is 6.95. The lowest BCUT2D eigenvalue weighted by Crippen LogP contribution is -2.02. The molecule has 0 nitrogen and oxygen atoms in total. The third kappa shape index (κ3) is 3.99. The molecule has 1 atom stereocenters. The Kier molecular flexibility index (Phi) is 5.37. The van der Waals surface area contributed by atoms with E-state index in [4.69, 9.17) is 11.6 Å². The van der Waals surface area contributed by atoms with Crippen LogP contribution in [-0.2, 0) is 6.42 Å². The molecule has 1 aromatic heterocycles. The predicted octanol–water partition coefficient (Wildman–Crippen LogP) is 5.95. The molecule has 1 aliphatic rings. The van der Waals surface area contributed by atoms with Crippen molar-refractivity contribution in [2.45, 2.75) is 63.7 Å². The van der Waals surface area contributed by atoms with Crippen molar-refractivity contribution in [2.75, 3.05) is 0 Å². The Morgan fingerprint density at radius 1 is 1.24 bits per heavy atom. The lowest BCUT2D eigenvalue weighted by atomic mass is 9.94. The number of alkyl halides is 1. The summed E-state index contributed by atoms with van der Waals surface area (Å²) >= 11 is 8.48. The van der Waals surface area contributed by atoms with Gasteiger partial charge >= 0.3 is 0 Å². The van der Waals surface area contributed by atoms with Gasteiger partial charge in [0.1, 0.15) is 0 Å². The summed E-state index contributed by atoms with van der Waals surface area (Å²) in [6, 6.07) is 4.47. The van der Waals surface area contributed by atoms with E-state index in [1.807, 2.05) is 11.3 Å². The van der Waals surface area contributed by atoms with Crippen molar-refractivity contribution in [3.63, 3.8) is 0 Å². The van der Waals surface area contributed by atoms with Crippen LogP contribution in [0.25, 0.3) is 0 Å². The van der Waals surface area contributed by atoms with E-state index in [-0.39, 0.29) is 5.38 Å². The third-order valence-corrected chi connectivity index (χ3v) is 5.74. The Balaban J connectivity index is 1.88. The van der Waals surface area contributed by atoms with E-state index in [0.717, 1.165) is 12.3 Å². The van der Waals surface area contributed by atoms with E-state index < -0.39 is 0 Å². The van der Waals surface area contributed by atoms with Crippen LogP contribution in [0.4, 0.5) is 0 Å². The Morgan fingerprint density at radius 3 is 2.53 bits per heavy atom. The molecule has 1 aliphatic carbocycles. The van der Waals surface area contributed by atoms with Gasteiger partial charge in [-0.1, -0.05) is 45.4 Å². The fraction of sp³-hybridized carbons (Fsp3) is 0.733. The average Bonchev–Trinajstić information content (AvgIpc) is 2.68. The fourth-order valence-corrected chi connectivity index (χ4v) is 4.16. The summed E-state index contributed by atoms with van der Waals surface area (Å²) in [6.45, 7) is 2.21. The van der Waals surface area contributed by atoms with Crippen LogP contribution < -0.4 is 0 Å². The van der Waals surface area contributed by atoms with Gasteiger partial charge in [-0.15, -0.1) is 22.9 Å². The molecule has 1 unspecified atom stereocenters. The molecule has 0 radical (unpaired) electrons. The first-order valence-electron chi connectivity index (χ1n) is 7.02. The lowest BCUT2D eigenvalue weighted by Gasteiger charge is -2.16. The van der Waals surface area contributed by atoms with E-state index in [1.165, 1.54) is 54.7 Å². The molecule has 1 saturated carbocycles. The van der Waals surface area contributed by atoms with Crippen LogP contribution in [0.15, 0.2) is 12.1 Å². The number of rotatable bonds is 4. The normalized spacial score (nSPS) is 20.1. The molecule has 0 N–H and O–H groups in total. The number of aryl methyl sites for hydroxylation is 1. The molecule has 17 heavy (non-hydrogen) atoms. The highest BCUT2D eigenvalue weighted by Gasteiger charge is 2.18. The highest BCUT2D eigenvalue weighted by molar-refractivity contribution is 7.12. The van der Waals surface area contributed by atoms with Gasteiger partial charge in [0.15, 0.2) is 0 Å². The third-order valence-electron chi connectivity index (χ3n) is 3.85. The number of hydrogen-bond donors (Lipinski definition) is 0. The Morgan fingerprint density at radius 2 is 1.94 bits per heavy atom. The van der Waals surface area contributed by atoms with Crippen LogP contribution in [0.3, 0.4) is 0 Å². The maximum absolute atomic E-state index is 6.57. The van der Waals surface area contributed by atoms with Crippen molar-refractivity contribution in [1.29, 1.82) is 0 Å². The molecule has 2 heteroatoms. The van der Waals surface area contributed by atoms with Crippen molar-refractivity contribution in [3.8, 4) is 0 Å². The molecule has 0 bridgehead atoms. The minimum Gasteiger partial charge on any atom is -0.144 e. The van der Waals surface area contributed by atoms with Crippen LogP contribution in [-0.4, -0.2) is 0 Å². The van der Waals surface area contributed by atoms with Crippen LogP contribution in [0.1, 0.15) is 67.0 Å². The van der Waals surface area contributed by atoms with Crippen molar-refractivity contribution < 1.29 is 0 Å². The Hall–Kier alpha value is -0.0100. The monoisotopic (exact) mass is 270 g/mol. The first-order valence-corrected chi connectivity index (χ1v) is 8.27. The van der Waals surface area contributed by atoms with Crippen molar-refractivity contribution in [3.05, 3.63) is 21.9 Å². The largest absolute Gasteiger partial charge is 0.144 e. The zero-order valence-corrected chi connectivity index (χ0v) is 12.3. The van der Waals surface area contributed by atoms with E-state index >= 15 is 0 Å². The second-order valence-electron chi connectivity index (χ2n) is 5.22. The number of thiophene rings is 1. The first-order chi connectivity index (χ1) is 8.29. The maximum Gasteiger partial charge on any atom is 0.0681 e. The van der Waals surface area contributed by atoms with Gasteiger partial charge in [-0.3, -0.25) is 0 Å². The van der Waals surface area contributed by atoms with Gasteiger partial charge in [-0.25, -0.2) is 0 Å². The zero-order chi connectivity index (χ0) is 12.1. The van der Waals surface area contributed by atoms with Crippen molar-refractivity contribution >= 4 is 22.9 Å². The quantitative estimate of drug-likeness (QED) is 0.468. The standard InChI is InChI=1S/C15H23ClS/c1-2-13-9-10-15(17-13)14(16)11-12-7-5-3-4-6-8-12/h9-10,12,14H,2-8,11H2,1H3. The zero-order valence-electron chi connectivity index (χ0n) is 10.8. The van der Waals surface area contributed by atoms with Gasteiger partial charge in [0, 0.05) is 9.75 Å². The first kappa shape index (κ1) is 13.4. The highest BCUT2D eigenvalue weighted by Crippen LogP contribution is 2.37. The Labute approximate surface area is 114 Å². The van der Waals surface area contributed by atoms with E-state index in [0.29, 0.717) is 0 Å². The second kappa shape index (κ2) is 6.80. The number of hydrogen-bond acceptors (Lipinski definition) is 1. The summed E-state index contributed by atoms with van der Waals surface area (Å²) in [5, 5.41) is 0.253. The summed E-state index contributed by atoms with van der Waals surface area (Å²) in [5.74, 6) is 0.868. The topological polar surface area (TPSA) is 0 Å². The van der Waals surface area contributed by atoms with E-state index in [2.05, 4.69) is 19.1 Å².